The van der Waals surface area contributed by atoms with E-state index in [1.807, 2.05) is 35.6 Å². The standard InChI is InChI=1S/C20H27NO3S/c1-3-19-18-8-10-25-20(18)7-9-21(19)12-16(22)14-24-13-15-5-4-6-17(11-15)23-2/h4-6,8,10-11,16,19,22H,3,7,9,12-14H2,1-2H3. The van der Waals surface area contributed by atoms with Crippen LogP contribution in [0.1, 0.15) is 35.4 Å². The second-order valence-corrected chi connectivity index (χ2v) is 7.49. The summed E-state index contributed by atoms with van der Waals surface area (Å²) in [6.45, 7) is 4.72. The van der Waals surface area contributed by atoms with Crippen molar-refractivity contribution in [2.24, 2.45) is 0 Å². The average molecular weight is 362 g/mol. The normalized spacial score (nSPS) is 18.8. The Morgan fingerprint density at radius 1 is 1.36 bits per heavy atom. The van der Waals surface area contributed by atoms with Crippen LogP contribution in [-0.2, 0) is 17.8 Å². The second kappa shape index (κ2) is 8.81. The highest BCUT2D eigenvalue weighted by Crippen LogP contribution is 2.35. The summed E-state index contributed by atoms with van der Waals surface area (Å²) in [5.41, 5.74) is 2.50. The third-order valence-corrected chi connectivity index (χ3v) is 5.75. The van der Waals surface area contributed by atoms with E-state index in [2.05, 4.69) is 23.3 Å². The van der Waals surface area contributed by atoms with Crippen molar-refractivity contribution in [3.63, 3.8) is 0 Å². The van der Waals surface area contributed by atoms with Crippen molar-refractivity contribution in [2.75, 3.05) is 26.8 Å². The molecule has 0 radical (unpaired) electrons. The zero-order chi connectivity index (χ0) is 17.6. The first-order valence-electron chi connectivity index (χ1n) is 8.90. The minimum absolute atomic E-state index is 0.348. The number of aliphatic hydroxyl groups is 1. The molecule has 1 aliphatic heterocycles. The van der Waals surface area contributed by atoms with Gasteiger partial charge in [-0.3, -0.25) is 4.90 Å². The maximum atomic E-state index is 10.4. The van der Waals surface area contributed by atoms with Crippen molar-refractivity contribution in [2.45, 2.75) is 38.5 Å². The first-order valence-corrected chi connectivity index (χ1v) is 9.78. The number of fused-ring (bicyclic) bond motifs is 1. The van der Waals surface area contributed by atoms with E-state index in [1.54, 1.807) is 7.11 Å². The Bertz CT molecular complexity index is 672. The van der Waals surface area contributed by atoms with Gasteiger partial charge in [0, 0.05) is 24.0 Å². The van der Waals surface area contributed by atoms with Crippen LogP contribution in [0.15, 0.2) is 35.7 Å². The van der Waals surface area contributed by atoms with Crippen molar-refractivity contribution in [3.8, 4) is 5.75 Å². The third kappa shape index (κ3) is 4.61. The van der Waals surface area contributed by atoms with Crippen LogP contribution in [0.2, 0.25) is 0 Å². The summed E-state index contributed by atoms with van der Waals surface area (Å²) >= 11 is 1.86. The second-order valence-electron chi connectivity index (χ2n) is 6.49. The first-order chi connectivity index (χ1) is 12.2. The lowest BCUT2D eigenvalue weighted by Gasteiger charge is -2.36. The SMILES string of the molecule is CCC1c2ccsc2CCN1CC(O)COCc1cccc(OC)c1. The third-order valence-electron chi connectivity index (χ3n) is 4.75. The van der Waals surface area contributed by atoms with E-state index in [1.165, 1.54) is 10.4 Å². The molecule has 25 heavy (non-hydrogen) atoms. The van der Waals surface area contributed by atoms with Gasteiger partial charge in [-0.05, 0) is 47.5 Å². The number of nitrogens with zero attached hydrogens (tertiary/aromatic N) is 1. The number of methoxy groups -OCH3 is 1. The molecule has 136 valence electrons. The predicted octanol–water partition coefficient (Wildman–Crippen LogP) is 3.64. The molecule has 2 unspecified atom stereocenters. The van der Waals surface area contributed by atoms with Gasteiger partial charge in [0.1, 0.15) is 5.75 Å². The maximum Gasteiger partial charge on any atom is 0.119 e. The van der Waals surface area contributed by atoms with Crippen molar-refractivity contribution in [3.05, 3.63) is 51.7 Å². The highest BCUT2D eigenvalue weighted by atomic mass is 32.1. The number of hydrogen-bond acceptors (Lipinski definition) is 5. The van der Waals surface area contributed by atoms with E-state index in [9.17, 15) is 5.11 Å². The van der Waals surface area contributed by atoms with E-state index in [0.717, 1.165) is 30.7 Å². The molecule has 3 rings (SSSR count). The number of aliphatic hydroxyl groups excluding tert-OH is 1. The molecule has 0 bridgehead atoms. The molecule has 2 heterocycles. The molecule has 0 aliphatic carbocycles. The minimum Gasteiger partial charge on any atom is -0.497 e. The van der Waals surface area contributed by atoms with Crippen LogP contribution in [0.4, 0.5) is 0 Å². The Morgan fingerprint density at radius 3 is 3.04 bits per heavy atom. The van der Waals surface area contributed by atoms with Gasteiger partial charge in [0.15, 0.2) is 0 Å². The van der Waals surface area contributed by atoms with Gasteiger partial charge in [-0.2, -0.15) is 0 Å². The zero-order valence-electron chi connectivity index (χ0n) is 15.0. The van der Waals surface area contributed by atoms with Crippen LogP contribution in [0.3, 0.4) is 0 Å². The first kappa shape index (κ1) is 18.4. The molecule has 0 saturated heterocycles. The Kier molecular flexibility index (Phi) is 6.48. The van der Waals surface area contributed by atoms with Gasteiger partial charge in [0.2, 0.25) is 0 Å². The molecule has 0 fully saturated rings. The highest BCUT2D eigenvalue weighted by Gasteiger charge is 2.28. The van der Waals surface area contributed by atoms with Crippen molar-refractivity contribution in [1.29, 1.82) is 0 Å². The minimum atomic E-state index is -0.472. The van der Waals surface area contributed by atoms with Gasteiger partial charge in [0.25, 0.3) is 0 Å². The Balaban J connectivity index is 1.48. The molecule has 2 atom stereocenters. The van der Waals surface area contributed by atoms with Crippen molar-refractivity contribution in [1.82, 2.24) is 4.90 Å². The molecule has 1 aromatic heterocycles. The fourth-order valence-electron chi connectivity index (χ4n) is 3.54. The van der Waals surface area contributed by atoms with Crippen LogP contribution in [0, 0.1) is 0 Å². The molecule has 0 saturated carbocycles. The molecular formula is C20H27NO3S. The Hall–Kier alpha value is -1.40. The van der Waals surface area contributed by atoms with Crippen LogP contribution in [0.25, 0.3) is 0 Å². The number of hydrogen-bond donors (Lipinski definition) is 1. The lowest BCUT2D eigenvalue weighted by molar-refractivity contribution is 0.000261. The number of ether oxygens (including phenoxy) is 2. The van der Waals surface area contributed by atoms with Gasteiger partial charge in [-0.1, -0.05) is 19.1 Å². The quantitative estimate of drug-likeness (QED) is 0.779. The summed E-state index contributed by atoms with van der Waals surface area (Å²) in [6.07, 6.45) is 1.68. The van der Waals surface area contributed by atoms with E-state index < -0.39 is 6.10 Å². The molecular weight excluding hydrogens is 334 g/mol. The van der Waals surface area contributed by atoms with E-state index >= 15 is 0 Å². The Morgan fingerprint density at radius 2 is 2.24 bits per heavy atom. The van der Waals surface area contributed by atoms with Gasteiger partial charge in [-0.15, -0.1) is 11.3 Å². The summed E-state index contributed by atoms with van der Waals surface area (Å²) in [4.78, 5) is 3.90. The van der Waals surface area contributed by atoms with Crippen molar-refractivity contribution >= 4 is 11.3 Å². The fourth-order valence-corrected chi connectivity index (χ4v) is 4.47. The summed E-state index contributed by atoms with van der Waals surface area (Å²) < 4.78 is 10.9. The number of β-amino-alcohol motifs (C(OH)–C–C–N with tert-alkyl or cyclic N) is 1. The van der Waals surface area contributed by atoms with Crippen LogP contribution in [-0.4, -0.2) is 42.9 Å². The van der Waals surface area contributed by atoms with Crippen molar-refractivity contribution < 1.29 is 14.6 Å². The molecule has 5 heteroatoms. The van der Waals surface area contributed by atoms with Gasteiger partial charge in [0.05, 0.1) is 26.4 Å². The molecule has 4 nitrogen and oxygen atoms in total. The van der Waals surface area contributed by atoms with Crippen LogP contribution >= 0.6 is 11.3 Å². The molecule has 1 N–H and O–H groups in total. The van der Waals surface area contributed by atoms with Crippen LogP contribution < -0.4 is 4.74 Å². The maximum absolute atomic E-state index is 10.4. The smallest absolute Gasteiger partial charge is 0.119 e. The monoisotopic (exact) mass is 361 g/mol. The largest absolute Gasteiger partial charge is 0.497 e. The van der Waals surface area contributed by atoms with E-state index in [-0.39, 0.29) is 0 Å². The van der Waals surface area contributed by atoms with Crippen LogP contribution in [0.5, 0.6) is 5.75 Å². The van der Waals surface area contributed by atoms with E-state index in [4.69, 9.17) is 9.47 Å². The summed E-state index contributed by atoms with van der Waals surface area (Å²) in [5, 5.41) is 12.6. The molecule has 0 spiro atoms. The van der Waals surface area contributed by atoms with Gasteiger partial charge < -0.3 is 14.6 Å². The summed E-state index contributed by atoms with van der Waals surface area (Å²) in [5.74, 6) is 0.826. The molecule has 2 aromatic rings. The average Bonchev–Trinajstić information content (AvgIpc) is 3.10. The fraction of sp³-hybridized carbons (Fsp3) is 0.500. The molecule has 1 aromatic carbocycles. The van der Waals surface area contributed by atoms with Gasteiger partial charge in [-0.25, -0.2) is 0 Å². The lowest BCUT2D eigenvalue weighted by atomic mass is 9.97. The zero-order valence-corrected chi connectivity index (χ0v) is 15.8. The summed E-state index contributed by atoms with van der Waals surface area (Å²) in [7, 11) is 1.66. The van der Waals surface area contributed by atoms with E-state index in [0.29, 0.717) is 25.8 Å². The topological polar surface area (TPSA) is 41.9 Å². The van der Waals surface area contributed by atoms with Gasteiger partial charge >= 0.3 is 0 Å². The highest BCUT2D eigenvalue weighted by molar-refractivity contribution is 7.10. The lowest BCUT2D eigenvalue weighted by Crippen LogP contribution is -2.41. The molecule has 0 amide bonds. The molecule has 1 aliphatic rings. The number of rotatable bonds is 8. The number of thiophene rings is 1. The summed E-state index contributed by atoms with van der Waals surface area (Å²) in [6, 6.07) is 10.5. The predicted molar refractivity (Wildman–Crippen MR) is 101 cm³/mol. The Labute approximate surface area is 154 Å². The number of benzene rings is 1.